The lowest BCUT2D eigenvalue weighted by atomic mass is 10.3. The number of phosphoric acid groups is 1. The number of hydrogen-bond acceptors (Lipinski definition) is 9. The smallest absolute Gasteiger partial charge is 0.456 e. The molecular weight excluding hydrogens is 354 g/mol. The van der Waals surface area contributed by atoms with Gasteiger partial charge in [0.1, 0.15) is 12.1 Å². The molecule has 0 aromatic carbocycles. The minimum atomic E-state index is -4.35. The van der Waals surface area contributed by atoms with Crippen LogP contribution < -0.4 is 5.73 Å². The third-order valence-electron chi connectivity index (χ3n) is 2.26. The Morgan fingerprint density at radius 1 is 1.35 bits per heavy atom. The summed E-state index contributed by atoms with van der Waals surface area (Å²) >= 11 is 0. The number of nitrogens with two attached hydrogens (primary N) is 1. The monoisotopic (exact) mass is 378 g/mol. The topological polar surface area (TPSA) is 158 Å². The molecule has 0 aliphatic heterocycles. The zero-order valence-corrected chi connectivity index (χ0v) is 15.1. The maximum absolute atomic E-state index is 11.6. The van der Waals surface area contributed by atoms with E-state index in [1.807, 2.05) is 0 Å². The number of ether oxygens (including phenoxy) is 1. The van der Waals surface area contributed by atoms with Crippen molar-refractivity contribution < 1.29 is 42.0 Å². The molecule has 0 saturated carbocycles. The van der Waals surface area contributed by atoms with E-state index in [-0.39, 0.29) is 6.61 Å². The van der Waals surface area contributed by atoms with Gasteiger partial charge in [-0.25, -0.2) is 4.57 Å². The first kappa shape index (κ1) is 22.6. The largest absolute Gasteiger partial charge is 0.472 e. The second-order valence-corrected chi connectivity index (χ2v) is 7.10. The quantitative estimate of drug-likeness (QED) is 0.292. The van der Waals surface area contributed by atoms with Gasteiger partial charge in [-0.1, -0.05) is 0 Å². The van der Waals surface area contributed by atoms with Crippen LogP contribution in [0, 0.1) is 0 Å². The summed E-state index contributed by atoms with van der Waals surface area (Å²) in [6.07, 6.45) is -1.19. The van der Waals surface area contributed by atoms with Gasteiger partial charge >= 0.3 is 22.0 Å². The van der Waals surface area contributed by atoms with E-state index in [9.17, 15) is 18.8 Å². The van der Waals surface area contributed by atoms with Crippen LogP contribution >= 0.6 is 16.1 Å². The third kappa shape index (κ3) is 12.7. The van der Waals surface area contributed by atoms with Crippen molar-refractivity contribution in [2.24, 2.45) is 5.73 Å². The molecule has 0 bridgehead atoms. The van der Waals surface area contributed by atoms with Gasteiger partial charge in [0.05, 0.1) is 19.8 Å². The lowest BCUT2D eigenvalue weighted by molar-refractivity contribution is -0.153. The predicted octanol–water partition coefficient (Wildman–Crippen LogP) is -0.661. The summed E-state index contributed by atoms with van der Waals surface area (Å²) in [4.78, 5) is 31.3. The Kier molecular flexibility index (Phi) is 11.1. The van der Waals surface area contributed by atoms with Crippen LogP contribution in [-0.4, -0.2) is 73.3 Å². The Bertz CT molecular complexity index is 433. The SMILES string of the molecule is C[C@@H](N)C(=O)OC(CO[PH](=O)O)COP(=O)(O)OCCN(C)C. The van der Waals surface area contributed by atoms with Crippen molar-refractivity contribution in [3.05, 3.63) is 0 Å². The first-order valence-electron chi connectivity index (χ1n) is 6.62. The van der Waals surface area contributed by atoms with Gasteiger partial charge in [0.15, 0.2) is 0 Å². The second-order valence-electron chi connectivity index (χ2n) is 4.83. The van der Waals surface area contributed by atoms with Gasteiger partial charge < -0.3 is 29.7 Å². The molecule has 4 atom stereocenters. The summed E-state index contributed by atoms with van der Waals surface area (Å²) in [7, 11) is -4.10. The molecule has 0 aliphatic carbocycles. The maximum atomic E-state index is 11.6. The fourth-order valence-corrected chi connectivity index (χ4v) is 2.18. The molecule has 0 aliphatic rings. The van der Waals surface area contributed by atoms with E-state index in [0.717, 1.165) is 0 Å². The molecule has 3 unspecified atom stereocenters. The maximum Gasteiger partial charge on any atom is 0.472 e. The zero-order valence-electron chi connectivity index (χ0n) is 13.2. The molecule has 11 nitrogen and oxygen atoms in total. The van der Waals surface area contributed by atoms with Crippen LogP contribution in [0.15, 0.2) is 0 Å². The predicted molar refractivity (Wildman–Crippen MR) is 81.0 cm³/mol. The van der Waals surface area contributed by atoms with E-state index < -0.39 is 47.4 Å². The highest BCUT2D eigenvalue weighted by Crippen LogP contribution is 2.43. The molecule has 4 N–H and O–H groups in total. The fraction of sp³-hybridized carbons (Fsp3) is 0.900. The summed E-state index contributed by atoms with van der Waals surface area (Å²) in [6.45, 7) is 0.656. The van der Waals surface area contributed by atoms with Crippen molar-refractivity contribution in [2.45, 2.75) is 19.1 Å². The third-order valence-corrected chi connectivity index (χ3v) is 3.66. The van der Waals surface area contributed by atoms with Crippen LogP contribution in [0.2, 0.25) is 0 Å². The molecular formula is C10H24N2O9P2. The first-order chi connectivity index (χ1) is 10.5. The number of carbonyl (C=O) groups is 1. The summed E-state index contributed by atoms with van der Waals surface area (Å²) < 4.78 is 40.9. The number of likely N-dealkylation sites (N-methyl/N-ethyl adjacent to an activating group) is 1. The standard InChI is InChI=1S/C10H24N2O9P2/c1-8(11)10(13)21-9(6-18-22(14)15)7-20-23(16,17)19-5-4-12(2)3/h8-9,22H,4-7,11H2,1-3H3,(H,14,15)(H,16,17)/t8-,9?/m1/s1. The molecule has 0 heterocycles. The number of rotatable bonds is 12. The summed E-state index contributed by atoms with van der Waals surface area (Å²) in [6, 6.07) is -0.944. The molecule has 0 aromatic rings. The molecule has 23 heavy (non-hydrogen) atoms. The first-order valence-corrected chi connectivity index (χ1v) is 9.38. The average molecular weight is 378 g/mol. The average Bonchev–Trinajstić information content (AvgIpc) is 2.40. The van der Waals surface area contributed by atoms with Gasteiger partial charge in [0.2, 0.25) is 0 Å². The molecule has 0 fully saturated rings. The van der Waals surface area contributed by atoms with Crippen molar-refractivity contribution in [3.8, 4) is 0 Å². The molecule has 0 rings (SSSR count). The van der Waals surface area contributed by atoms with E-state index in [1.54, 1.807) is 19.0 Å². The molecule has 0 radical (unpaired) electrons. The van der Waals surface area contributed by atoms with Crippen molar-refractivity contribution in [3.63, 3.8) is 0 Å². The molecule has 0 amide bonds. The number of phosphoric ester groups is 1. The van der Waals surface area contributed by atoms with Crippen LogP contribution in [-0.2, 0) is 32.2 Å². The Morgan fingerprint density at radius 3 is 2.43 bits per heavy atom. The van der Waals surface area contributed by atoms with E-state index in [1.165, 1.54) is 6.92 Å². The molecule has 138 valence electrons. The number of hydrogen-bond donors (Lipinski definition) is 3. The lowest BCUT2D eigenvalue weighted by Crippen LogP contribution is -2.35. The Labute approximate surface area is 135 Å². The molecule has 0 aromatic heterocycles. The van der Waals surface area contributed by atoms with Crippen LogP contribution in [0.1, 0.15) is 6.92 Å². The number of nitrogens with zero attached hydrogens (tertiary/aromatic N) is 1. The van der Waals surface area contributed by atoms with Crippen molar-refractivity contribution in [2.75, 3.05) is 40.5 Å². The van der Waals surface area contributed by atoms with Gasteiger partial charge in [-0.15, -0.1) is 0 Å². The van der Waals surface area contributed by atoms with Gasteiger partial charge in [0, 0.05) is 6.54 Å². The summed E-state index contributed by atoms with van der Waals surface area (Å²) in [5.41, 5.74) is 5.32. The van der Waals surface area contributed by atoms with Gasteiger partial charge in [0.25, 0.3) is 0 Å². The second kappa shape index (κ2) is 11.2. The highest BCUT2D eigenvalue weighted by atomic mass is 31.2. The summed E-state index contributed by atoms with van der Waals surface area (Å²) in [5, 5.41) is 0. The van der Waals surface area contributed by atoms with Crippen molar-refractivity contribution in [1.29, 1.82) is 0 Å². The fourth-order valence-electron chi connectivity index (χ4n) is 1.11. The zero-order chi connectivity index (χ0) is 18.0. The van der Waals surface area contributed by atoms with Crippen LogP contribution in [0.3, 0.4) is 0 Å². The van der Waals surface area contributed by atoms with E-state index in [2.05, 4.69) is 9.05 Å². The minimum absolute atomic E-state index is 0.0497. The molecule has 0 saturated heterocycles. The van der Waals surface area contributed by atoms with E-state index in [4.69, 9.17) is 19.9 Å². The highest BCUT2D eigenvalue weighted by molar-refractivity contribution is 7.47. The van der Waals surface area contributed by atoms with Gasteiger partial charge in [-0.3, -0.25) is 18.4 Å². The van der Waals surface area contributed by atoms with Crippen LogP contribution in [0.25, 0.3) is 0 Å². The van der Waals surface area contributed by atoms with Gasteiger partial charge in [-0.05, 0) is 21.0 Å². The van der Waals surface area contributed by atoms with Crippen LogP contribution in [0.5, 0.6) is 0 Å². The Morgan fingerprint density at radius 2 is 1.96 bits per heavy atom. The number of esters is 1. The molecule has 0 spiro atoms. The minimum Gasteiger partial charge on any atom is -0.456 e. The van der Waals surface area contributed by atoms with E-state index >= 15 is 0 Å². The van der Waals surface area contributed by atoms with Crippen molar-refractivity contribution >= 4 is 22.0 Å². The normalized spacial score (nSPS) is 18.2. The van der Waals surface area contributed by atoms with Gasteiger partial charge in [-0.2, -0.15) is 0 Å². The van der Waals surface area contributed by atoms with E-state index in [0.29, 0.717) is 6.54 Å². The Balaban J connectivity index is 4.47. The van der Waals surface area contributed by atoms with Crippen molar-refractivity contribution in [1.82, 2.24) is 4.90 Å². The Hall–Kier alpha value is -0.350. The molecule has 13 heteroatoms. The lowest BCUT2D eigenvalue weighted by Gasteiger charge is -2.20. The number of carbonyl (C=O) groups excluding carboxylic acids is 1. The highest BCUT2D eigenvalue weighted by Gasteiger charge is 2.26. The summed E-state index contributed by atoms with van der Waals surface area (Å²) in [5.74, 6) is -0.818. The van der Waals surface area contributed by atoms with Crippen LogP contribution in [0.4, 0.5) is 0 Å².